The predicted molar refractivity (Wildman–Crippen MR) is 106 cm³/mol. The highest BCUT2D eigenvalue weighted by molar-refractivity contribution is 6.09. The van der Waals surface area contributed by atoms with Crippen LogP contribution in [0.3, 0.4) is 0 Å². The van der Waals surface area contributed by atoms with Gasteiger partial charge in [-0.1, -0.05) is 24.3 Å². The van der Waals surface area contributed by atoms with Crippen LogP contribution in [-0.2, 0) is 18.3 Å². The molecule has 0 saturated heterocycles. The molecule has 0 atom stereocenters. The molecule has 1 aliphatic carbocycles. The molecule has 2 aromatic rings. The molecule has 0 amide bonds. The second-order valence-corrected chi connectivity index (χ2v) is 6.73. The van der Waals surface area contributed by atoms with Gasteiger partial charge in [0.1, 0.15) is 0 Å². The summed E-state index contributed by atoms with van der Waals surface area (Å²) in [6, 6.07) is 12.7. The normalized spacial score (nSPS) is 19.3. The van der Waals surface area contributed by atoms with Gasteiger partial charge in [-0.2, -0.15) is 0 Å². The molecule has 130 valence electrons. The number of benzene rings is 1. The van der Waals surface area contributed by atoms with Crippen molar-refractivity contribution in [3.63, 3.8) is 0 Å². The van der Waals surface area contributed by atoms with Gasteiger partial charge in [0.25, 0.3) is 0 Å². The van der Waals surface area contributed by atoms with Crippen molar-refractivity contribution in [2.45, 2.75) is 18.3 Å². The van der Waals surface area contributed by atoms with E-state index in [9.17, 15) is 0 Å². The summed E-state index contributed by atoms with van der Waals surface area (Å²) in [7, 11) is 0. The summed E-state index contributed by atoms with van der Waals surface area (Å²) in [4.78, 5) is 13.0. The first-order chi connectivity index (χ1) is 12.7. The number of nitrogens with zero attached hydrogens (tertiary/aromatic N) is 3. The molecule has 5 nitrogen and oxygen atoms in total. The zero-order chi connectivity index (χ0) is 18.0. The quantitative estimate of drug-likeness (QED) is 0.662. The third-order valence-corrected chi connectivity index (χ3v) is 5.12. The van der Waals surface area contributed by atoms with Crippen molar-refractivity contribution in [3.05, 3.63) is 82.8 Å². The molecule has 26 heavy (non-hydrogen) atoms. The van der Waals surface area contributed by atoms with Crippen molar-refractivity contribution in [3.8, 4) is 0 Å². The number of nitrogens with two attached hydrogens (primary N) is 2. The number of rotatable bonds is 3. The largest absolute Gasteiger partial charge is 0.390 e. The lowest BCUT2D eigenvalue weighted by molar-refractivity contribution is 0.449. The van der Waals surface area contributed by atoms with E-state index in [2.05, 4.69) is 45.3 Å². The van der Waals surface area contributed by atoms with Gasteiger partial charge in [0.05, 0.1) is 6.34 Å². The van der Waals surface area contributed by atoms with Gasteiger partial charge < -0.3 is 11.5 Å². The van der Waals surface area contributed by atoms with E-state index in [1.165, 1.54) is 17.5 Å². The standard InChI is InChI=1S/C21H21N5/c22-13-21(11-17-3-1-2-4-18(17)12-21)19-10-15(5-7-24-19)9-16-6-8-25-20(16)26-14-23/h1-10,14H,11-13,22H2,(H2,23,25,26)/b16-9+. The maximum absolute atomic E-state index is 6.24. The highest BCUT2D eigenvalue weighted by Crippen LogP contribution is 2.38. The fourth-order valence-electron chi connectivity index (χ4n) is 3.76. The van der Waals surface area contributed by atoms with E-state index in [1.807, 2.05) is 24.4 Å². The van der Waals surface area contributed by atoms with Crippen LogP contribution in [0.25, 0.3) is 6.08 Å². The van der Waals surface area contributed by atoms with Gasteiger partial charge in [0.15, 0.2) is 5.84 Å². The number of aromatic nitrogens is 1. The van der Waals surface area contributed by atoms with Crippen molar-refractivity contribution < 1.29 is 0 Å². The van der Waals surface area contributed by atoms with E-state index in [0.29, 0.717) is 12.4 Å². The highest BCUT2D eigenvalue weighted by Gasteiger charge is 2.38. The third kappa shape index (κ3) is 2.86. The van der Waals surface area contributed by atoms with Gasteiger partial charge in [-0.15, -0.1) is 0 Å². The molecule has 1 aromatic heterocycles. The number of hydrogen-bond acceptors (Lipinski definition) is 4. The van der Waals surface area contributed by atoms with Crippen molar-refractivity contribution in [2.24, 2.45) is 21.5 Å². The van der Waals surface area contributed by atoms with E-state index < -0.39 is 0 Å². The molecule has 4 N–H and O–H groups in total. The second-order valence-electron chi connectivity index (χ2n) is 6.73. The Balaban J connectivity index is 1.68. The first-order valence-electron chi connectivity index (χ1n) is 8.68. The Morgan fingerprint density at radius 2 is 1.92 bits per heavy atom. The first kappa shape index (κ1) is 16.4. The maximum atomic E-state index is 6.24. The van der Waals surface area contributed by atoms with Crippen LogP contribution in [0.4, 0.5) is 0 Å². The van der Waals surface area contributed by atoms with Gasteiger partial charge in [-0.25, -0.2) is 9.98 Å². The number of aliphatic imine (C=N–C) groups is 2. The number of fused-ring (bicyclic) bond motifs is 1. The highest BCUT2D eigenvalue weighted by atomic mass is 14.9. The molecule has 4 rings (SSSR count). The molecular formula is C21H21N5. The Hall–Kier alpha value is -3.05. The molecule has 0 radical (unpaired) electrons. The molecule has 0 spiro atoms. The number of pyridine rings is 1. The van der Waals surface area contributed by atoms with Crippen molar-refractivity contribution in [2.75, 3.05) is 6.54 Å². The lowest BCUT2D eigenvalue weighted by Gasteiger charge is -2.27. The minimum atomic E-state index is -0.143. The molecule has 0 fully saturated rings. The Kier molecular flexibility index (Phi) is 4.22. The van der Waals surface area contributed by atoms with E-state index in [4.69, 9.17) is 11.5 Å². The lowest BCUT2D eigenvalue weighted by atomic mass is 9.80. The summed E-state index contributed by atoms with van der Waals surface area (Å²) >= 11 is 0. The smallest absolute Gasteiger partial charge is 0.160 e. The van der Waals surface area contributed by atoms with Gasteiger partial charge in [0, 0.05) is 35.6 Å². The Bertz CT molecular complexity index is 927. The molecule has 2 heterocycles. The van der Waals surface area contributed by atoms with Gasteiger partial charge in [-0.3, -0.25) is 4.98 Å². The SMILES string of the molecule is NC=NC1=NC=C/C1=C\c1ccnc(C2(CN)Cc3ccccc3C2)c1. The Morgan fingerprint density at radius 1 is 1.15 bits per heavy atom. The topological polar surface area (TPSA) is 89.6 Å². The summed E-state index contributed by atoms with van der Waals surface area (Å²) in [5, 5.41) is 0. The van der Waals surface area contributed by atoms with E-state index in [-0.39, 0.29) is 5.41 Å². The fourth-order valence-corrected chi connectivity index (χ4v) is 3.76. The van der Waals surface area contributed by atoms with Crippen LogP contribution >= 0.6 is 0 Å². The van der Waals surface area contributed by atoms with Gasteiger partial charge >= 0.3 is 0 Å². The first-order valence-corrected chi connectivity index (χ1v) is 8.68. The maximum Gasteiger partial charge on any atom is 0.160 e. The summed E-state index contributed by atoms with van der Waals surface area (Å²) in [5.41, 5.74) is 17.3. The fraction of sp³-hybridized carbons (Fsp3) is 0.190. The van der Waals surface area contributed by atoms with Crippen LogP contribution in [0.2, 0.25) is 0 Å². The Labute approximate surface area is 152 Å². The van der Waals surface area contributed by atoms with Crippen molar-refractivity contribution in [1.29, 1.82) is 0 Å². The van der Waals surface area contributed by atoms with Crippen molar-refractivity contribution in [1.82, 2.24) is 4.98 Å². The molecular weight excluding hydrogens is 322 g/mol. The molecule has 1 aromatic carbocycles. The number of hydrogen-bond donors (Lipinski definition) is 2. The number of amidine groups is 1. The minimum absolute atomic E-state index is 0.143. The zero-order valence-electron chi connectivity index (χ0n) is 14.5. The van der Waals surface area contributed by atoms with Crippen molar-refractivity contribution >= 4 is 18.3 Å². The molecule has 1 aliphatic heterocycles. The summed E-state index contributed by atoms with van der Waals surface area (Å²) in [6.07, 6.45) is 10.7. The van der Waals surface area contributed by atoms with Crippen LogP contribution in [0.1, 0.15) is 22.4 Å². The molecule has 5 heteroatoms. The van der Waals surface area contributed by atoms with Gasteiger partial charge in [-0.05, 0) is 53.8 Å². The van der Waals surface area contributed by atoms with Crippen LogP contribution in [-0.4, -0.2) is 23.7 Å². The van der Waals surface area contributed by atoms with Crippen LogP contribution in [0.15, 0.2) is 70.4 Å². The van der Waals surface area contributed by atoms with E-state index in [1.54, 1.807) is 6.20 Å². The molecule has 2 aliphatic rings. The minimum Gasteiger partial charge on any atom is -0.390 e. The molecule has 0 bridgehead atoms. The molecule has 0 unspecified atom stereocenters. The third-order valence-electron chi connectivity index (χ3n) is 5.12. The zero-order valence-corrected chi connectivity index (χ0v) is 14.5. The molecule has 0 saturated carbocycles. The Morgan fingerprint density at radius 3 is 2.62 bits per heavy atom. The summed E-state index contributed by atoms with van der Waals surface area (Å²) in [6.45, 7) is 0.568. The summed E-state index contributed by atoms with van der Waals surface area (Å²) < 4.78 is 0. The summed E-state index contributed by atoms with van der Waals surface area (Å²) in [5.74, 6) is 0.618. The van der Waals surface area contributed by atoms with Crippen LogP contribution in [0, 0.1) is 0 Å². The lowest BCUT2D eigenvalue weighted by Crippen LogP contribution is -2.36. The predicted octanol–water partition coefficient (Wildman–Crippen LogP) is 2.37. The average Bonchev–Trinajstić information content (AvgIpc) is 3.27. The van der Waals surface area contributed by atoms with Crippen LogP contribution in [0.5, 0.6) is 0 Å². The monoisotopic (exact) mass is 343 g/mol. The second kappa shape index (κ2) is 6.69. The average molecular weight is 343 g/mol. The van der Waals surface area contributed by atoms with Crippen LogP contribution < -0.4 is 11.5 Å². The van der Waals surface area contributed by atoms with Gasteiger partial charge in [0.2, 0.25) is 0 Å². The van der Waals surface area contributed by atoms with E-state index in [0.717, 1.165) is 29.7 Å². The van der Waals surface area contributed by atoms with E-state index >= 15 is 0 Å².